The molecule has 8 heteroatoms. The van der Waals surface area contributed by atoms with Crippen LogP contribution in [0.15, 0.2) is 54.7 Å². The molecular formula is C19H15FN4O3. The van der Waals surface area contributed by atoms with Crippen LogP contribution < -0.4 is 4.90 Å². The SMILES string of the molecule is O=C1c2ccccc2CCN1c1cn(-c2cccc([N+](=O)[O-])c2)nc1CF. The number of non-ortho nitro benzene ring substituents is 1. The van der Waals surface area contributed by atoms with Gasteiger partial charge in [-0.05, 0) is 24.1 Å². The van der Waals surface area contributed by atoms with Gasteiger partial charge in [-0.25, -0.2) is 9.07 Å². The predicted octanol–water partition coefficient (Wildman–Crippen LogP) is 3.45. The molecule has 7 nitrogen and oxygen atoms in total. The Hall–Kier alpha value is -3.55. The van der Waals surface area contributed by atoms with Crippen LogP contribution in [0.25, 0.3) is 5.69 Å². The fraction of sp³-hybridized carbons (Fsp3) is 0.158. The van der Waals surface area contributed by atoms with Gasteiger partial charge in [0.15, 0.2) is 0 Å². The van der Waals surface area contributed by atoms with Crippen molar-refractivity contribution in [3.63, 3.8) is 0 Å². The molecule has 136 valence electrons. The van der Waals surface area contributed by atoms with Gasteiger partial charge in [0.05, 0.1) is 22.5 Å². The van der Waals surface area contributed by atoms with Crippen molar-refractivity contribution in [2.24, 2.45) is 0 Å². The second-order valence-electron chi connectivity index (χ2n) is 6.18. The number of nitrogens with zero attached hydrogens (tertiary/aromatic N) is 4. The molecule has 1 amide bonds. The van der Waals surface area contributed by atoms with Crippen LogP contribution in [-0.4, -0.2) is 27.2 Å². The molecule has 0 unspecified atom stereocenters. The number of rotatable bonds is 4. The predicted molar refractivity (Wildman–Crippen MR) is 96.9 cm³/mol. The highest BCUT2D eigenvalue weighted by Crippen LogP contribution is 2.29. The van der Waals surface area contributed by atoms with E-state index in [9.17, 15) is 19.3 Å². The Labute approximate surface area is 153 Å². The third kappa shape index (κ3) is 2.95. The highest BCUT2D eigenvalue weighted by molar-refractivity contribution is 6.08. The van der Waals surface area contributed by atoms with Crippen molar-refractivity contribution >= 4 is 17.3 Å². The van der Waals surface area contributed by atoms with E-state index in [-0.39, 0.29) is 17.3 Å². The maximum atomic E-state index is 13.6. The number of nitro groups is 1. The molecule has 0 saturated carbocycles. The molecule has 0 bridgehead atoms. The molecule has 3 aromatic rings. The Bertz CT molecular complexity index is 1050. The lowest BCUT2D eigenvalue weighted by Crippen LogP contribution is -2.37. The van der Waals surface area contributed by atoms with E-state index in [0.29, 0.717) is 29.9 Å². The minimum atomic E-state index is -0.845. The number of nitro benzene ring substituents is 1. The number of hydrogen-bond acceptors (Lipinski definition) is 4. The standard InChI is InChI=1S/C19H15FN4O3/c20-11-17-18(22-9-8-13-4-1-2-7-16(13)19(22)25)12-23(21-17)14-5-3-6-15(10-14)24(26)27/h1-7,10,12H,8-9,11H2. The molecule has 1 aromatic heterocycles. The van der Waals surface area contributed by atoms with E-state index >= 15 is 0 Å². The quantitative estimate of drug-likeness (QED) is 0.523. The summed E-state index contributed by atoms with van der Waals surface area (Å²) < 4.78 is 14.9. The molecule has 4 rings (SSSR count). The monoisotopic (exact) mass is 366 g/mol. The number of anilines is 1. The molecular weight excluding hydrogens is 351 g/mol. The zero-order valence-corrected chi connectivity index (χ0v) is 14.2. The lowest BCUT2D eigenvalue weighted by atomic mass is 9.99. The number of alkyl halides is 1. The van der Waals surface area contributed by atoms with Crippen LogP contribution in [0.4, 0.5) is 15.8 Å². The summed E-state index contributed by atoms with van der Waals surface area (Å²) >= 11 is 0. The molecule has 1 aliphatic heterocycles. The van der Waals surface area contributed by atoms with E-state index in [2.05, 4.69) is 5.10 Å². The maximum absolute atomic E-state index is 13.6. The van der Waals surface area contributed by atoms with Crippen LogP contribution >= 0.6 is 0 Å². The zero-order valence-electron chi connectivity index (χ0n) is 14.2. The first-order valence-electron chi connectivity index (χ1n) is 8.37. The summed E-state index contributed by atoms with van der Waals surface area (Å²) in [5.41, 5.74) is 2.39. The Morgan fingerprint density at radius 3 is 2.78 bits per heavy atom. The third-order valence-electron chi connectivity index (χ3n) is 4.59. The molecule has 0 fully saturated rings. The first kappa shape index (κ1) is 16.9. The van der Waals surface area contributed by atoms with Gasteiger partial charge >= 0.3 is 0 Å². The lowest BCUT2D eigenvalue weighted by molar-refractivity contribution is -0.384. The van der Waals surface area contributed by atoms with Crippen molar-refractivity contribution in [3.8, 4) is 5.69 Å². The minimum Gasteiger partial charge on any atom is -0.305 e. The van der Waals surface area contributed by atoms with Crippen molar-refractivity contribution in [2.45, 2.75) is 13.1 Å². The summed E-state index contributed by atoms with van der Waals surface area (Å²) in [7, 11) is 0. The highest BCUT2D eigenvalue weighted by Gasteiger charge is 2.28. The van der Waals surface area contributed by atoms with Gasteiger partial charge in [-0.1, -0.05) is 24.3 Å². The van der Waals surface area contributed by atoms with Gasteiger partial charge in [-0.2, -0.15) is 5.10 Å². The molecule has 0 atom stereocenters. The summed E-state index contributed by atoms with van der Waals surface area (Å²) in [5, 5.41) is 15.2. The highest BCUT2D eigenvalue weighted by atomic mass is 19.1. The van der Waals surface area contributed by atoms with Crippen LogP contribution in [0.5, 0.6) is 0 Å². The number of carbonyl (C=O) groups excluding carboxylic acids is 1. The van der Waals surface area contributed by atoms with Crippen molar-refractivity contribution in [1.82, 2.24) is 9.78 Å². The number of fused-ring (bicyclic) bond motifs is 1. The molecule has 0 radical (unpaired) electrons. The summed E-state index contributed by atoms with van der Waals surface area (Å²) in [6.45, 7) is -0.424. The maximum Gasteiger partial charge on any atom is 0.271 e. The van der Waals surface area contributed by atoms with E-state index in [0.717, 1.165) is 5.56 Å². The Balaban J connectivity index is 1.74. The molecule has 0 aliphatic carbocycles. The number of amides is 1. The van der Waals surface area contributed by atoms with Gasteiger partial charge < -0.3 is 4.90 Å². The molecule has 0 spiro atoms. The molecule has 0 saturated heterocycles. The van der Waals surface area contributed by atoms with Crippen molar-refractivity contribution < 1.29 is 14.1 Å². The van der Waals surface area contributed by atoms with E-state index in [4.69, 9.17) is 0 Å². The first-order chi connectivity index (χ1) is 13.1. The van der Waals surface area contributed by atoms with Gasteiger partial charge in [-0.3, -0.25) is 14.9 Å². The van der Waals surface area contributed by atoms with Crippen molar-refractivity contribution in [2.75, 3.05) is 11.4 Å². The van der Waals surface area contributed by atoms with Crippen molar-refractivity contribution in [3.05, 3.63) is 81.7 Å². The Morgan fingerprint density at radius 2 is 2.00 bits per heavy atom. The number of benzene rings is 2. The van der Waals surface area contributed by atoms with Crippen LogP contribution in [0.1, 0.15) is 21.6 Å². The van der Waals surface area contributed by atoms with E-state index < -0.39 is 11.6 Å². The van der Waals surface area contributed by atoms with E-state index in [1.807, 2.05) is 12.1 Å². The fourth-order valence-electron chi connectivity index (χ4n) is 3.26. The van der Waals surface area contributed by atoms with Crippen LogP contribution in [0, 0.1) is 10.1 Å². The number of carbonyl (C=O) groups is 1. The van der Waals surface area contributed by atoms with Gasteiger partial charge in [-0.15, -0.1) is 0 Å². The smallest absolute Gasteiger partial charge is 0.271 e. The lowest BCUT2D eigenvalue weighted by Gasteiger charge is -2.28. The molecule has 2 heterocycles. The van der Waals surface area contributed by atoms with Crippen molar-refractivity contribution in [1.29, 1.82) is 0 Å². The second-order valence-corrected chi connectivity index (χ2v) is 6.18. The minimum absolute atomic E-state index is 0.0886. The normalized spacial score (nSPS) is 13.5. The molecule has 1 aliphatic rings. The number of aromatic nitrogens is 2. The van der Waals surface area contributed by atoms with Crippen LogP contribution in [0.2, 0.25) is 0 Å². The summed E-state index contributed by atoms with van der Waals surface area (Å²) in [6.07, 6.45) is 2.20. The Kier molecular flexibility index (Phi) is 4.15. The first-order valence-corrected chi connectivity index (χ1v) is 8.37. The van der Waals surface area contributed by atoms with Gasteiger partial charge in [0.1, 0.15) is 12.4 Å². The summed E-state index contributed by atoms with van der Waals surface area (Å²) in [5.74, 6) is -0.204. The summed E-state index contributed by atoms with van der Waals surface area (Å²) in [4.78, 5) is 24.8. The third-order valence-corrected chi connectivity index (χ3v) is 4.59. The second kappa shape index (κ2) is 6.64. The van der Waals surface area contributed by atoms with Gasteiger partial charge in [0, 0.05) is 24.2 Å². The summed E-state index contributed by atoms with van der Waals surface area (Å²) in [6, 6.07) is 13.2. The zero-order chi connectivity index (χ0) is 19.0. The van der Waals surface area contributed by atoms with E-state index in [1.165, 1.54) is 27.8 Å². The van der Waals surface area contributed by atoms with Crippen LogP contribution in [0.3, 0.4) is 0 Å². The molecule has 0 N–H and O–H groups in total. The average Bonchev–Trinajstić information content (AvgIpc) is 3.13. The van der Waals surface area contributed by atoms with E-state index in [1.54, 1.807) is 24.4 Å². The number of halogens is 1. The number of hydrogen-bond donors (Lipinski definition) is 0. The molecule has 27 heavy (non-hydrogen) atoms. The topological polar surface area (TPSA) is 81.3 Å². The Morgan fingerprint density at radius 1 is 1.19 bits per heavy atom. The molecule has 2 aromatic carbocycles. The van der Waals surface area contributed by atoms with Crippen LogP contribution in [-0.2, 0) is 13.1 Å². The fourth-order valence-corrected chi connectivity index (χ4v) is 3.26. The van der Waals surface area contributed by atoms with Gasteiger partial charge in [0.25, 0.3) is 11.6 Å². The van der Waals surface area contributed by atoms with Gasteiger partial charge in [0.2, 0.25) is 0 Å². The largest absolute Gasteiger partial charge is 0.305 e. The average molecular weight is 366 g/mol.